The monoisotopic (exact) mass is 454 g/mol. The van der Waals surface area contributed by atoms with Gasteiger partial charge < -0.3 is 9.47 Å². The number of benzene rings is 2. The maximum atomic E-state index is 12.9. The largest absolute Gasteiger partial charge is 0.493 e. The molecule has 1 atom stereocenters. The lowest BCUT2D eigenvalue weighted by Gasteiger charge is -2.32. The van der Waals surface area contributed by atoms with Gasteiger partial charge in [0.15, 0.2) is 11.5 Å². The van der Waals surface area contributed by atoms with Gasteiger partial charge in [-0.2, -0.15) is 4.31 Å². The summed E-state index contributed by atoms with van der Waals surface area (Å²) in [5, 5.41) is 0. The number of piperidine rings is 1. The van der Waals surface area contributed by atoms with E-state index in [9.17, 15) is 16.8 Å². The third-order valence-electron chi connectivity index (χ3n) is 5.12. The lowest BCUT2D eigenvalue weighted by molar-refractivity contribution is 0.268. The Bertz CT molecular complexity index is 1100. The van der Waals surface area contributed by atoms with Crippen LogP contribution in [-0.2, 0) is 20.0 Å². The van der Waals surface area contributed by atoms with E-state index in [0.717, 1.165) is 19.3 Å². The zero-order valence-electron chi connectivity index (χ0n) is 17.2. The van der Waals surface area contributed by atoms with E-state index in [-0.39, 0.29) is 27.3 Å². The van der Waals surface area contributed by atoms with E-state index in [4.69, 9.17) is 9.47 Å². The first-order valence-corrected chi connectivity index (χ1v) is 12.5. The summed E-state index contributed by atoms with van der Waals surface area (Å²) in [7, 11) is -4.63. The predicted molar refractivity (Wildman–Crippen MR) is 114 cm³/mol. The Morgan fingerprint density at radius 1 is 0.900 bits per heavy atom. The molecule has 1 saturated heterocycles. The summed E-state index contributed by atoms with van der Waals surface area (Å²) in [4.78, 5) is 0.143. The number of nitrogens with zero attached hydrogens (tertiary/aromatic N) is 1. The molecular weight excluding hydrogens is 428 g/mol. The van der Waals surface area contributed by atoms with E-state index in [0.29, 0.717) is 12.3 Å². The van der Waals surface area contributed by atoms with Crippen LogP contribution in [0.4, 0.5) is 5.69 Å². The van der Waals surface area contributed by atoms with Gasteiger partial charge in [-0.25, -0.2) is 16.8 Å². The maximum Gasteiger partial charge on any atom is 0.262 e. The molecule has 1 unspecified atom stereocenters. The SMILES string of the molecule is COc1ccc(S(=O)(=O)Nc2ccc(S(=O)(=O)N3CCCCC3C)cc2)cc1OC. The van der Waals surface area contributed by atoms with Crippen molar-refractivity contribution in [2.75, 3.05) is 25.5 Å². The second-order valence-electron chi connectivity index (χ2n) is 7.11. The summed E-state index contributed by atoms with van der Waals surface area (Å²) in [6.07, 6.45) is 2.69. The molecule has 10 heteroatoms. The van der Waals surface area contributed by atoms with Crippen molar-refractivity contribution in [3.63, 3.8) is 0 Å². The van der Waals surface area contributed by atoms with Crippen LogP contribution in [0.2, 0.25) is 0 Å². The molecule has 0 aliphatic carbocycles. The fourth-order valence-corrected chi connectivity index (χ4v) is 6.23. The Kier molecular flexibility index (Phi) is 6.59. The number of hydrogen-bond donors (Lipinski definition) is 1. The summed E-state index contributed by atoms with van der Waals surface area (Å²) in [6.45, 7) is 2.40. The van der Waals surface area contributed by atoms with E-state index < -0.39 is 20.0 Å². The van der Waals surface area contributed by atoms with Crippen molar-refractivity contribution in [3.05, 3.63) is 42.5 Å². The number of anilines is 1. The van der Waals surface area contributed by atoms with E-state index in [2.05, 4.69) is 4.72 Å². The van der Waals surface area contributed by atoms with Crippen LogP contribution in [0.3, 0.4) is 0 Å². The van der Waals surface area contributed by atoms with Gasteiger partial charge >= 0.3 is 0 Å². The van der Waals surface area contributed by atoms with Gasteiger partial charge in [0, 0.05) is 24.3 Å². The smallest absolute Gasteiger partial charge is 0.262 e. The Hall–Kier alpha value is -2.30. The molecule has 0 amide bonds. The standard InChI is InChI=1S/C20H26N2O6S2/c1-15-6-4-5-13-22(15)30(25,26)17-9-7-16(8-10-17)21-29(23,24)18-11-12-19(27-2)20(14-18)28-3/h7-12,14-15,21H,4-6,13H2,1-3H3. The first-order valence-electron chi connectivity index (χ1n) is 9.56. The zero-order chi connectivity index (χ0) is 21.9. The number of sulfonamides is 2. The Morgan fingerprint density at radius 2 is 1.53 bits per heavy atom. The third kappa shape index (κ3) is 4.55. The van der Waals surface area contributed by atoms with Crippen LogP contribution in [-0.4, -0.2) is 47.9 Å². The fraction of sp³-hybridized carbons (Fsp3) is 0.400. The second-order valence-corrected chi connectivity index (χ2v) is 10.7. The lowest BCUT2D eigenvalue weighted by Crippen LogP contribution is -2.41. The van der Waals surface area contributed by atoms with Gasteiger partial charge in [0.1, 0.15) is 0 Å². The molecule has 8 nitrogen and oxygen atoms in total. The average Bonchev–Trinajstić information content (AvgIpc) is 2.73. The highest BCUT2D eigenvalue weighted by atomic mass is 32.2. The van der Waals surface area contributed by atoms with Crippen LogP contribution in [0, 0.1) is 0 Å². The molecule has 1 aliphatic heterocycles. The Labute approximate surface area is 177 Å². The van der Waals surface area contributed by atoms with Gasteiger partial charge in [-0.1, -0.05) is 6.42 Å². The average molecular weight is 455 g/mol. The van der Waals surface area contributed by atoms with Crippen molar-refractivity contribution in [1.29, 1.82) is 0 Å². The molecule has 2 aromatic rings. The molecule has 164 valence electrons. The molecule has 3 rings (SSSR count). The van der Waals surface area contributed by atoms with Gasteiger partial charge in [0.05, 0.1) is 24.0 Å². The normalized spacial score (nSPS) is 18.0. The van der Waals surface area contributed by atoms with Crippen LogP contribution in [0.25, 0.3) is 0 Å². The number of rotatable bonds is 7. The van der Waals surface area contributed by atoms with Gasteiger partial charge in [0.25, 0.3) is 10.0 Å². The predicted octanol–water partition coefficient (Wildman–Crippen LogP) is 3.07. The second kappa shape index (κ2) is 8.83. The van der Waals surface area contributed by atoms with E-state index in [1.807, 2.05) is 6.92 Å². The fourth-order valence-electron chi connectivity index (χ4n) is 3.46. The number of nitrogens with one attached hydrogen (secondary N) is 1. The van der Waals surface area contributed by atoms with Gasteiger partial charge in [-0.15, -0.1) is 0 Å². The van der Waals surface area contributed by atoms with Crippen LogP contribution in [0.15, 0.2) is 52.3 Å². The van der Waals surface area contributed by atoms with Crippen molar-refractivity contribution in [1.82, 2.24) is 4.31 Å². The molecule has 2 aromatic carbocycles. The topological polar surface area (TPSA) is 102 Å². The minimum Gasteiger partial charge on any atom is -0.493 e. The highest BCUT2D eigenvalue weighted by molar-refractivity contribution is 7.92. The summed E-state index contributed by atoms with van der Waals surface area (Å²) in [5.74, 6) is 0.704. The van der Waals surface area contributed by atoms with Crippen molar-refractivity contribution in [2.24, 2.45) is 0 Å². The van der Waals surface area contributed by atoms with Gasteiger partial charge in [-0.3, -0.25) is 4.72 Å². The molecule has 1 heterocycles. The van der Waals surface area contributed by atoms with Crippen molar-refractivity contribution in [2.45, 2.75) is 42.0 Å². The molecule has 1 N–H and O–H groups in total. The molecule has 1 aliphatic rings. The first-order chi connectivity index (χ1) is 14.2. The highest BCUT2D eigenvalue weighted by Gasteiger charge is 2.30. The van der Waals surface area contributed by atoms with Crippen LogP contribution >= 0.6 is 0 Å². The van der Waals surface area contributed by atoms with Crippen LogP contribution in [0.5, 0.6) is 11.5 Å². The third-order valence-corrected chi connectivity index (χ3v) is 8.53. The van der Waals surface area contributed by atoms with Gasteiger partial charge in [-0.05, 0) is 56.2 Å². The summed E-state index contributed by atoms with van der Waals surface area (Å²) in [5.41, 5.74) is 0.260. The van der Waals surface area contributed by atoms with Crippen LogP contribution < -0.4 is 14.2 Å². The van der Waals surface area contributed by atoms with E-state index in [1.54, 1.807) is 0 Å². The lowest BCUT2D eigenvalue weighted by atomic mass is 10.1. The Balaban J connectivity index is 1.81. The molecule has 30 heavy (non-hydrogen) atoms. The molecule has 0 spiro atoms. The Morgan fingerprint density at radius 3 is 2.13 bits per heavy atom. The summed E-state index contributed by atoms with van der Waals surface area (Å²) >= 11 is 0. The zero-order valence-corrected chi connectivity index (χ0v) is 18.8. The maximum absolute atomic E-state index is 12.9. The molecule has 0 bridgehead atoms. The molecule has 1 fully saturated rings. The number of hydrogen-bond acceptors (Lipinski definition) is 6. The van der Waals surface area contributed by atoms with Crippen molar-refractivity contribution < 1.29 is 26.3 Å². The highest BCUT2D eigenvalue weighted by Crippen LogP contribution is 2.31. The molecular formula is C20H26N2O6S2. The minimum atomic E-state index is -3.89. The van der Waals surface area contributed by atoms with E-state index >= 15 is 0 Å². The summed E-state index contributed by atoms with van der Waals surface area (Å²) < 4.78 is 65.5. The minimum absolute atomic E-state index is 0.000936. The number of ether oxygens (including phenoxy) is 2. The first kappa shape index (κ1) is 22.4. The number of methoxy groups -OCH3 is 2. The van der Waals surface area contributed by atoms with Gasteiger partial charge in [0.2, 0.25) is 10.0 Å². The molecule has 0 radical (unpaired) electrons. The molecule has 0 aromatic heterocycles. The quantitative estimate of drug-likeness (QED) is 0.690. The van der Waals surface area contributed by atoms with Crippen LogP contribution in [0.1, 0.15) is 26.2 Å². The molecule has 0 saturated carbocycles. The van der Waals surface area contributed by atoms with Crippen molar-refractivity contribution >= 4 is 25.7 Å². The summed E-state index contributed by atoms with van der Waals surface area (Å²) in [6, 6.07) is 9.94. The van der Waals surface area contributed by atoms with Crippen molar-refractivity contribution in [3.8, 4) is 11.5 Å². The van der Waals surface area contributed by atoms with E-state index in [1.165, 1.54) is 61.0 Å².